The summed E-state index contributed by atoms with van der Waals surface area (Å²) in [6.07, 6.45) is 1.50. The standard InChI is InChI=1S/C23H26N4O4/c1-15-5-10-19(16(2)13-15)31-20-14-25-27(3)23(29)21(20)26-18-8-6-17(7-9-18)22(28)24-11-12-30-4/h5-10,13-14,26H,11-12H2,1-4H3,(H,24,28). The normalized spacial score (nSPS) is 10.6. The molecule has 0 spiro atoms. The molecule has 0 bridgehead atoms. The van der Waals surface area contributed by atoms with Gasteiger partial charge in [-0.25, -0.2) is 4.68 Å². The number of rotatable bonds is 8. The fourth-order valence-electron chi connectivity index (χ4n) is 2.97. The van der Waals surface area contributed by atoms with Gasteiger partial charge in [-0.15, -0.1) is 0 Å². The van der Waals surface area contributed by atoms with E-state index in [-0.39, 0.29) is 17.2 Å². The van der Waals surface area contributed by atoms with Crippen molar-refractivity contribution < 1.29 is 14.3 Å². The Labute approximate surface area is 180 Å². The van der Waals surface area contributed by atoms with E-state index in [1.807, 2.05) is 32.0 Å². The lowest BCUT2D eigenvalue weighted by Gasteiger charge is -2.15. The minimum Gasteiger partial charge on any atom is -0.453 e. The molecule has 8 heteroatoms. The predicted molar refractivity (Wildman–Crippen MR) is 119 cm³/mol. The molecular formula is C23H26N4O4. The number of nitrogens with one attached hydrogen (secondary N) is 2. The quantitative estimate of drug-likeness (QED) is 0.541. The van der Waals surface area contributed by atoms with Crippen LogP contribution < -0.4 is 20.9 Å². The van der Waals surface area contributed by atoms with E-state index in [1.54, 1.807) is 38.4 Å². The Balaban J connectivity index is 1.83. The third-order valence-electron chi connectivity index (χ3n) is 4.66. The van der Waals surface area contributed by atoms with Crippen LogP contribution in [0, 0.1) is 13.8 Å². The smallest absolute Gasteiger partial charge is 0.294 e. The molecule has 0 aliphatic heterocycles. The minimum atomic E-state index is -0.330. The van der Waals surface area contributed by atoms with Crippen molar-refractivity contribution in [1.29, 1.82) is 0 Å². The van der Waals surface area contributed by atoms with Crippen molar-refractivity contribution in [1.82, 2.24) is 15.1 Å². The van der Waals surface area contributed by atoms with Crippen LogP contribution in [-0.4, -0.2) is 35.9 Å². The van der Waals surface area contributed by atoms with Crippen LogP contribution in [0.15, 0.2) is 53.5 Å². The largest absolute Gasteiger partial charge is 0.453 e. The zero-order valence-electron chi connectivity index (χ0n) is 18.1. The molecule has 162 valence electrons. The summed E-state index contributed by atoms with van der Waals surface area (Å²) in [5.74, 6) is 0.769. The highest BCUT2D eigenvalue weighted by Gasteiger charge is 2.14. The summed E-state index contributed by atoms with van der Waals surface area (Å²) in [6, 6.07) is 12.6. The fourth-order valence-corrected chi connectivity index (χ4v) is 2.97. The van der Waals surface area contributed by atoms with Crippen LogP contribution in [0.25, 0.3) is 0 Å². The first kappa shape index (κ1) is 22.0. The number of anilines is 2. The lowest BCUT2D eigenvalue weighted by molar-refractivity contribution is 0.0937. The summed E-state index contributed by atoms with van der Waals surface area (Å²) in [5.41, 5.74) is 3.16. The summed E-state index contributed by atoms with van der Waals surface area (Å²) < 4.78 is 12.2. The topological polar surface area (TPSA) is 94.5 Å². The molecule has 31 heavy (non-hydrogen) atoms. The van der Waals surface area contributed by atoms with Gasteiger partial charge >= 0.3 is 0 Å². The lowest BCUT2D eigenvalue weighted by Crippen LogP contribution is -2.26. The van der Waals surface area contributed by atoms with E-state index >= 15 is 0 Å². The summed E-state index contributed by atoms with van der Waals surface area (Å²) >= 11 is 0. The zero-order valence-corrected chi connectivity index (χ0v) is 18.1. The maximum Gasteiger partial charge on any atom is 0.294 e. The number of aryl methyl sites for hydroxylation is 3. The summed E-state index contributed by atoms with van der Waals surface area (Å²) in [7, 11) is 3.15. The Hall–Kier alpha value is -3.65. The van der Waals surface area contributed by atoms with E-state index < -0.39 is 0 Å². The molecule has 2 N–H and O–H groups in total. The average molecular weight is 422 g/mol. The molecule has 1 amide bonds. The Morgan fingerprint density at radius 2 is 1.84 bits per heavy atom. The fraction of sp³-hybridized carbons (Fsp3) is 0.261. The third-order valence-corrected chi connectivity index (χ3v) is 4.66. The van der Waals surface area contributed by atoms with Crippen LogP contribution in [0.3, 0.4) is 0 Å². The molecule has 1 aromatic heterocycles. The number of carbonyl (C=O) groups is 1. The Morgan fingerprint density at radius 1 is 1.10 bits per heavy atom. The zero-order chi connectivity index (χ0) is 22.4. The molecule has 0 radical (unpaired) electrons. The Bertz CT molecular complexity index is 1120. The van der Waals surface area contributed by atoms with Crippen LogP contribution in [0.2, 0.25) is 0 Å². The molecular weight excluding hydrogens is 396 g/mol. The number of carbonyl (C=O) groups excluding carboxylic acids is 1. The molecule has 0 atom stereocenters. The van der Waals surface area contributed by atoms with E-state index in [2.05, 4.69) is 15.7 Å². The van der Waals surface area contributed by atoms with Crippen LogP contribution >= 0.6 is 0 Å². The summed E-state index contributed by atoms with van der Waals surface area (Å²) in [6.45, 7) is 4.83. The van der Waals surface area contributed by atoms with Crippen LogP contribution in [-0.2, 0) is 11.8 Å². The first-order chi connectivity index (χ1) is 14.9. The Kier molecular flexibility index (Phi) is 7.04. The molecule has 1 heterocycles. The number of methoxy groups -OCH3 is 1. The molecule has 0 unspecified atom stereocenters. The van der Waals surface area contributed by atoms with Crippen molar-refractivity contribution in [2.24, 2.45) is 7.05 Å². The first-order valence-corrected chi connectivity index (χ1v) is 9.84. The van der Waals surface area contributed by atoms with E-state index in [0.717, 1.165) is 11.1 Å². The number of ether oxygens (including phenoxy) is 2. The molecule has 8 nitrogen and oxygen atoms in total. The van der Waals surface area contributed by atoms with Crippen molar-refractivity contribution in [2.75, 3.05) is 25.6 Å². The van der Waals surface area contributed by atoms with Gasteiger partial charge in [0.2, 0.25) is 0 Å². The predicted octanol–water partition coefficient (Wildman–Crippen LogP) is 3.31. The number of amides is 1. The van der Waals surface area contributed by atoms with Gasteiger partial charge in [0, 0.05) is 32.0 Å². The van der Waals surface area contributed by atoms with Gasteiger partial charge in [-0.1, -0.05) is 17.7 Å². The molecule has 0 saturated heterocycles. The lowest BCUT2D eigenvalue weighted by atomic mass is 10.1. The van der Waals surface area contributed by atoms with Gasteiger partial charge in [0.1, 0.15) is 5.75 Å². The second-order valence-corrected chi connectivity index (χ2v) is 7.13. The summed E-state index contributed by atoms with van der Waals surface area (Å²) in [4.78, 5) is 24.9. The molecule has 3 rings (SSSR count). The summed E-state index contributed by atoms with van der Waals surface area (Å²) in [5, 5.41) is 9.94. The number of hydrogen-bond donors (Lipinski definition) is 2. The highest BCUT2D eigenvalue weighted by molar-refractivity contribution is 5.94. The molecule has 2 aromatic carbocycles. The molecule has 0 saturated carbocycles. The second kappa shape index (κ2) is 9.90. The van der Waals surface area contributed by atoms with Crippen LogP contribution in [0.1, 0.15) is 21.5 Å². The van der Waals surface area contributed by atoms with Gasteiger partial charge in [-0.2, -0.15) is 5.10 Å². The van der Waals surface area contributed by atoms with Gasteiger partial charge in [0.15, 0.2) is 11.4 Å². The van der Waals surface area contributed by atoms with Crippen molar-refractivity contribution in [3.63, 3.8) is 0 Å². The van der Waals surface area contributed by atoms with Crippen molar-refractivity contribution in [3.8, 4) is 11.5 Å². The number of nitrogens with zero attached hydrogens (tertiary/aromatic N) is 2. The van der Waals surface area contributed by atoms with Crippen molar-refractivity contribution in [2.45, 2.75) is 13.8 Å². The van der Waals surface area contributed by atoms with Crippen LogP contribution in [0.5, 0.6) is 11.5 Å². The monoisotopic (exact) mass is 422 g/mol. The molecule has 0 fully saturated rings. The van der Waals surface area contributed by atoms with Crippen LogP contribution in [0.4, 0.5) is 11.4 Å². The van der Waals surface area contributed by atoms with E-state index in [9.17, 15) is 9.59 Å². The molecule has 3 aromatic rings. The maximum absolute atomic E-state index is 12.7. The van der Waals surface area contributed by atoms with Crippen molar-refractivity contribution in [3.05, 3.63) is 75.7 Å². The maximum atomic E-state index is 12.7. The van der Waals surface area contributed by atoms with E-state index in [0.29, 0.717) is 35.9 Å². The number of aromatic nitrogens is 2. The van der Waals surface area contributed by atoms with Gasteiger partial charge in [0.25, 0.3) is 11.5 Å². The number of hydrogen-bond acceptors (Lipinski definition) is 6. The van der Waals surface area contributed by atoms with Gasteiger partial charge in [-0.05, 0) is 49.7 Å². The highest BCUT2D eigenvalue weighted by Crippen LogP contribution is 2.30. The van der Waals surface area contributed by atoms with Crippen molar-refractivity contribution >= 4 is 17.3 Å². The first-order valence-electron chi connectivity index (χ1n) is 9.84. The van der Waals surface area contributed by atoms with E-state index in [1.165, 1.54) is 10.9 Å². The van der Waals surface area contributed by atoms with Gasteiger partial charge < -0.3 is 20.1 Å². The Morgan fingerprint density at radius 3 is 2.52 bits per heavy atom. The molecule has 0 aliphatic rings. The van der Waals surface area contributed by atoms with Gasteiger partial charge in [0.05, 0.1) is 12.8 Å². The van der Waals surface area contributed by atoms with Gasteiger partial charge in [-0.3, -0.25) is 9.59 Å². The van der Waals surface area contributed by atoms with E-state index in [4.69, 9.17) is 9.47 Å². The minimum absolute atomic E-state index is 0.192. The highest BCUT2D eigenvalue weighted by atomic mass is 16.5. The molecule has 0 aliphatic carbocycles. The average Bonchev–Trinajstić information content (AvgIpc) is 2.75. The second-order valence-electron chi connectivity index (χ2n) is 7.13. The third kappa shape index (κ3) is 5.49. The number of benzene rings is 2. The SMILES string of the molecule is COCCNC(=O)c1ccc(Nc2c(Oc3ccc(C)cc3C)cnn(C)c2=O)cc1.